The Morgan fingerprint density at radius 1 is 1.15 bits per heavy atom. The molecule has 1 fully saturated rings. The van der Waals surface area contributed by atoms with E-state index in [2.05, 4.69) is 15.5 Å². The lowest BCUT2D eigenvalue weighted by Gasteiger charge is -2.36. The van der Waals surface area contributed by atoms with E-state index in [4.69, 9.17) is 11.6 Å². The third kappa shape index (κ3) is 7.99. The minimum absolute atomic E-state index is 0. The van der Waals surface area contributed by atoms with E-state index >= 15 is 0 Å². The molecule has 0 bridgehead atoms. The van der Waals surface area contributed by atoms with Gasteiger partial charge in [-0.3, -0.25) is 9.59 Å². The van der Waals surface area contributed by atoms with Gasteiger partial charge in [0.1, 0.15) is 0 Å². The van der Waals surface area contributed by atoms with Gasteiger partial charge in [0.25, 0.3) is 0 Å². The van der Waals surface area contributed by atoms with Gasteiger partial charge in [-0.25, -0.2) is 0 Å². The molecule has 6 nitrogen and oxygen atoms in total. The molecule has 9 heteroatoms. The number of hydrogen-bond donors (Lipinski definition) is 2. The van der Waals surface area contributed by atoms with Crippen LogP contribution in [-0.4, -0.2) is 63.0 Å². The molecule has 1 aromatic rings. The van der Waals surface area contributed by atoms with Gasteiger partial charge < -0.3 is 20.4 Å². The van der Waals surface area contributed by atoms with Crippen molar-refractivity contribution >= 4 is 53.9 Å². The Balaban J connectivity index is 0.00000312. The number of amides is 2. The molecule has 26 heavy (non-hydrogen) atoms. The zero-order valence-electron chi connectivity index (χ0n) is 14.9. The van der Waals surface area contributed by atoms with Crippen LogP contribution in [0.1, 0.15) is 12.8 Å². The molecule has 1 aromatic carbocycles. The summed E-state index contributed by atoms with van der Waals surface area (Å²) < 4.78 is 0. The van der Waals surface area contributed by atoms with Gasteiger partial charge in [-0.1, -0.05) is 17.7 Å². The van der Waals surface area contributed by atoms with E-state index in [1.54, 1.807) is 4.90 Å². The Hall–Kier alpha value is -1.21. The Labute approximate surface area is 172 Å². The zero-order valence-corrected chi connectivity index (χ0v) is 17.3. The summed E-state index contributed by atoms with van der Waals surface area (Å²) in [7, 11) is 1.85. The Bertz CT molecular complexity index is 567. The van der Waals surface area contributed by atoms with E-state index in [0.717, 1.165) is 31.7 Å². The van der Waals surface area contributed by atoms with Gasteiger partial charge >= 0.3 is 0 Å². The molecule has 1 aliphatic heterocycles. The van der Waals surface area contributed by atoms with Crippen molar-refractivity contribution in [3.05, 3.63) is 29.3 Å². The standard InChI is InChI=1S/C17H25ClN4O2.2ClH/c1-19-7-3-6-16(23)20-13-17(24)22-10-8-21(9-11-22)15-5-2-4-14(18)12-15;;/h2,4-5,12,19H,3,6-11,13H2,1H3,(H,20,23);2*1H. The number of rotatable bonds is 7. The maximum Gasteiger partial charge on any atom is 0.242 e. The second-order valence-electron chi connectivity index (χ2n) is 5.83. The molecule has 2 amide bonds. The third-order valence-corrected chi connectivity index (χ3v) is 4.31. The summed E-state index contributed by atoms with van der Waals surface area (Å²) in [5.74, 6) is -0.0983. The summed E-state index contributed by atoms with van der Waals surface area (Å²) in [5, 5.41) is 6.41. The van der Waals surface area contributed by atoms with Crippen molar-refractivity contribution in [3.8, 4) is 0 Å². The van der Waals surface area contributed by atoms with E-state index < -0.39 is 0 Å². The summed E-state index contributed by atoms with van der Waals surface area (Å²) in [6.07, 6.45) is 1.21. The van der Waals surface area contributed by atoms with Crippen LogP contribution in [0.4, 0.5) is 5.69 Å². The van der Waals surface area contributed by atoms with Crippen molar-refractivity contribution in [2.24, 2.45) is 0 Å². The number of carbonyl (C=O) groups excluding carboxylic acids is 2. The van der Waals surface area contributed by atoms with E-state index in [-0.39, 0.29) is 43.2 Å². The van der Waals surface area contributed by atoms with Crippen molar-refractivity contribution in [2.45, 2.75) is 12.8 Å². The molecule has 1 saturated heterocycles. The molecule has 2 N–H and O–H groups in total. The molecule has 0 aromatic heterocycles. The molecule has 0 radical (unpaired) electrons. The quantitative estimate of drug-likeness (QED) is 0.655. The van der Waals surface area contributed by atoms with Gasteiger partial charge in [0.15, 0.2) is 0 Å². The summed E-state index contributed by atoms with van der Waals surface area (Å²) in [5.41, 5.74) is 1.08. The largest absolute Gasteiger partial charge is 0.368 e. The SMILES string of the molecule is CNCCCC(=O)NCC(=O)N1CCN(c2cccc(Cl)c2)CC1.Cl.Cl. The molecular formula is C17H27Cl3N4O2. The lowest BCUT2D eigenvalue weighted by molar-refractivity contribution is -0.133. The number of halogens is 3. The summed E-state index contributed by atoms with van der Waals surface area (Å²) >= 11 is 6.02. The first-order chi connectivity index (χ1) is 11.6. The van der Waals surface area contributed by atoms with Crippen LogP contribution < -0.4 is 15.5 Å². The van der Waals surface area contributed by atoms with Crippen LogP contribution in [0.2, 0.25) is 5.02 Å². The number of nitrogens with zero attached hydrogens (tertiary/aromatic N) is 2. The topological polar surface area (TPSA) is 64.7 Å². The van der Waals surface area contributed by atoms with Crippen LogP contribution in [0.3, 0.4) is 0 Å². The first kappa shape index (κ1) is 24.8. The normalized spacial score (nSPS) is 13.5. The fourth-order valence-corrected chi connectivity index (χ4v) is 2.87. The van der Waals surface area contributed by atoms with Gasteiger partial charge in [0.05, 0.1) is 6.54 Å². The summed E-state index contributed by atoms with van der Waals surface area (Å²) in [6, 6.07) is 7.74. The molecule has 0 atom stereocenters. The maximum atomic E-state index is 12.2. The van der Waals surface area contributed by atoms with E-state index in [1.165, 1.54) is 0 Å². The van der Waals surface area contributed by atoms with Gasteiger partial charge in [0, 0.05) is 43.3 Å². The van der Waals surface area contributed by atoms with Crippen molar-refractivity contribution in [3.63, 3.8) is 0 Å². The van der Waals surface area contributed by atoms with Gasteiger partial charge in [0.2, 0.25) is 11.8 Å². The molecule has 0 unspecified atom stereocenters. The van der Waals surface area contributed by atoms with E-state index in [0.29, 0.717) is 24.5 Å². The zero-order chi connectivity index (χ0) is 17.4. The highest BCUT2D eigenvalue weighted by Gasteiger charge is 2.21. The molecule has 148 valence electrons. The van der Waals surface area contributed by atoms with Crippen LogP contribution in [0.25, 0.3) is 0 Å². The fraction of sp³-hybridized carbons (Fsp3) is 0.529. The number of hydrogen-bond acceptors (Lipinski definition) is 4. The minimum Gasteiger partial charge on any atom is -0.368 e. The molecule has 0 spiro atoms. The van der Waals surface area contributed by atoms with Gasteiger partial charge in [-0.05, 0) is 38.2 Å². The molecule has 1 heterocycles. The van der Waals surface area contributed by atoms with Crippen LogP contribution in [0.15, 0.2) is 24.3 Å². The monoisotopic (exact) mass is 424 g/mol. The van der Waals surface area contributed by atoms with Gasteiger partial charge in [-0.2, -0.15) is 0 Å². The van der Waals surface area contributed by atoms with Crippen LogP contribution >= 0.6 is 36.4 Å². The number of piperazine rings is 1. The molecule has 0 saturated carbocycles. The maximum absolute atomic E-state index is 12.2. The number of carbonyl (C=O) groups is 2. The predicted octanol–water partition coefficient (Wildman–Crippen LogP) is 1.95. The highest BCUT2D eigenvalue weighted by molar-refractivity contribution is 6.30. The number of anilines is 1. The second-order valence-corrected chi connectivity index (χ2v) is 6.27. The van der Waals surface area contributed by atoms with Crippen molar-refractivity contribution in [1.82, 2.24) is 15.5 Å². The van der Waals surface area contributed by atoms with Crippen molar-refractivity contribution in [1.29, 1.82) is 0 Å². The average Bonchev–Trinajstić information content (AvgIpc) is 2.60. The Kier molecular flexibility index (Phi) is 12.4. The highest BCUT2D eigenvalue weighted by atomic mass is 35.5. The summed E-state index contributed by atoms with van der Waals surface area (Å²) in [4.78, 5) is 27.8. The lowest BCUT2D eigenvalue weighted by atomic mass is 10.2. The smallest absolute Gasteiger partial charge is 0.242 e. The minimum atomic E-state index is -0.0730. The van der Waals surface area contributed by atoms with Crippen molar-refractivity contribution < 1.29 is 9.59 Å². The van der Waals surface area contributed by atoms with E-state index in [1.807, 2.05) is 31.3 Å². The highest BCUT2D eigenvalue weighted by Crippen LogP contribution is 2.20. The van der Waals surface area contributed by atoms with Gasteiger partial charge in [-0.15, -0.1) is 24.8 Å². The molecule has 2 rings (SSSR count). The molecular weight excluding hydrogens is 399 g/mol. The third-order valence-electron chi connectivity index (χ3n) is 4.07. The van der Waals surface area contributed by atoms with Crippen molar-refractivity contribution in [2.75, 3.05) is 51.2 Å². The molecule has 1 aliphatic rings. The fourth-order valence-electron chi connectivity index (χ4n) is 2.69. The Morgan fingerprint density at radius 2 is 1.85 bits per heavy atom. The lowest BCUT2D eigenvalue weighted by Crippen LogP contribution is -2.51. The Morgan fingerprint density at radius 3 is 2.46 bits per heavy atom. The number of nitrogens with one attached hydrogen (secondary N) is 2. The summed E-state index contributed by atoms with van der Waals surface area (Å²) in [6.45, 7) is 3.72. The average molecular weight is 426 g/mol. The van der Waals surface area contributed by atoms with Crippen LogP contribution in [-0.2, 0) is 9.59 Å². The van der Waals surface area contributed by atoms with Crippen LogP contribution in [0.5, 0.6) is 0 Å². The number of benzene rings is 1. The van der Waals surface area contributed by atoms with E-state index in [9.17, 15) is 9.59 Å². The van der Waals surface area contributed by atoms with Crippen LogP contribution in [0, 0.1) is 0 Å². The predicted molar refractivity (Wildman–Crippen MR) is 111 cm³/mol. The second kappa shape index (κ2) is 13.0. The first-order valence-electron chi connectivity index (χ1n) is 8.29. The first-order valence-corrected chi connectivity index (χ1v) is 8.67. The molecule has 0 aliphatic carbocycles.